The molecule has 0 heterocycles. The molecule has 0 saturated heterocycles. The van der Waals surface area contributed by atoms with E-state index in [4.69, 9.17) is 4.74 Å². The third kappa shape index (κ3) is 5.20. The summed E-state index contributed by atoms with van der Waals surface area (Å²) in [7, 11) is 0. The van der Waals surface area contributed by atoms with Crippen molar-refractivity contribution in [3.8, 4) is 5.75 Å². The summed E-state index contributed by atoms with van der Waals surface area (Å²) in [6, 6.07) is 7.61. The Labute approximate surface area is 216 Å². The van der Waals surface area contributed by atoms with Gasteiger partial charge in [0.2, 0.25) is 0 Å². The largest absolute Gasteiger partial charge is 0.490 e. The minimum absolute atomic E-state index is 0.0116. The molecule has 10 heteroatoms. The third-order valence-electron chi connectivity index (χ3n) is 9.13. The van der Waals surface area contributed by atoms with Crippen molar-refractivity contribution in [2.45, 2.75) is 94.7 Å². The number of ether oxygens (including phenoxy) is 1. The number of rotatable bonds is 6. The first-order valence-corrected chi connectivity index (χ1v) is 13.2. The van der Waals surface area contributed by atoms with Gasteiger partial charge in [-0.1, -0.05) is 18.2 Å². The van der Waals surface area contributed by atoms with E-state index >= 15 is 0 Å². The van der Waals surface area contributed by atoms with Crippen molar-refractivity contribution in [3.63, 3.8) is 0 Å². The van der Waals surface area contributed by atoms with Gasteiger partial charge >= 0.3 is 18.3 Å². The third-order valence-corrected chi connectivity index (χ3v) is 9.13. The van der Waals surface area contributed by atoms with Crippen LogP contribution in [0.1, 0.15) is 75.3 Å². The van der Waals surface area contributed by atoms with Crippen molar-refractivity contribution >= 4 is 16.7 Å². The van der Waals surface area contributed by atoms with E-state index in [1.54, 1.807) is 18.2 Å². The average Bonchev–Trinajstić information content (AvgIpc) is 2.87. The highest BCUT2D eigenvalue weighted by atomic mass is 19.4. The van der Waals surface area contributed by atoms with Gasteiger partial charge in [0.15, 0.2) is 0 Å². The molecule has 0 aliphatic heterocycles. The Kier molecular flexibility index (Phi) is 6.85. The van der Waals surface area contributed by atoms with Crippen LogP contribution >= 0.6 is 0 Å². The van der Waals surface area contributed by atoms with E-state index in [2.05, 4.69) is 5.32 Å². The molecule has 4 nitrogen and oxygen atoms in total. The fraction of sp³-hybridized carbons (Fsp3) is 0.607. The molecule has 0 atom stereocenters. The van der Waals surface area contributed by atoms with E-state index in [0.29, 0.717) is 31.2 Å². The van der Waals surface area contributed by atoms with Gasteiger partial charge < -0.3 is 15.2 Å². The molecule has 0 spiro atoms. The molecule has 6 rings (SSSR count). The van der Waals surface area contributed by atoms with Gasteiger partial charge in [0.1, 0.15) is 11.3 Å². The number of carboxylic acids is 1. The number of hydrogen-bond donors (Lipinski definition) is 2. The van der Waals surface area contributed by atoms with E-state index in [0.717, 1.165) is 24.8 Å². The molecule has 2 bridgehead atoms. The summed E-state index contributed by atoms with van der Waals surface area (Å²) in [5.74, 6) is -2.51. The van der Waals surface area contributed by atoms with E-state index < -0.39 is 41.3 Å². The Balaban J connectivity index is 1.31. The summed E-state index contributed by atoms with van der Waals surface area (Å²) < 4.78 is 87.0. The van der Waals surface area contributed by atoms with Gasteiger partial charge in [-0.3, -0.25) is 4.79 Å². The Hall–Kier alpha value is -2.49. The lowest BCUT2D eigenvalue weighted by Gasteiger charge is -2.51. The van der Waals surface area contributed by atoms with Gasteiger partial charge in [0.25, 0.3) is 0 Å². The van der Waals surface area contributed by atoms with Crippen molar-refractivity contribution in [1.29, 1.82) is 0 Å². The van der Waals surface area contributed by atoms with E-state index in [1.165, 1.54) is 12.1 Å². The Bertz CT molecular complexity index is 1170. The van der Waals surface area contributed by atoms with Crippen molar-refractivity contribution in [1.82, 2.24) is 5.32 Å². The van der Waals surface area contributed by atoms with Crippen LogP contribution in [-0.2, 0) is 17.5 Å². The predicted molar refractivity (Wildman–Crippen MR) is 129 cm³/mol. The summed E-state index contributed by atoms with van der Waals surface area (Å²) in [6.07, 6.45) is -5.72. The maximum absolute atomic E-state index is 14.1. The topological polar surface area (TPSA) is 58.6 Å². The molecule has 2 aromatic rings. The lowest BCUT2D eigenvalue weighted by atomic mass is 9.57. The van der Waals surface area contributed by atoms with Crippen LogP contribution in [0.3, 0.4) is 0 Å². The van der Waals surface area contributed by atoms with Crippen LogP contribution < -0.4 is 10.1 Å². The summed E-state index contributed by atoms with van der Waals surface area (Å²) in [4.78, 5) is 11.7. The Morgan fingerprint density at radius 3 is 2.11 bits per heavy atom. The first-order chi connectivity index (χ1) is 17.8. The Morgan fingerprint density at radius 2 is 1.55 bits per heavy atom. The average molecular weight is 544 g/mol. The molecule has 4 aliphatic carbocycles. The zero-order chi connectivity index (χ0) is 27.3. The maximum Gasteiger partial charge on any atom is 0.420 e. The van der Waals surface area contributed by atoms with Gasteiger partial charge in [-0.25, -0.2) is 0 Å². The molecule has 0 aromatic heterocycles. The monoisotopic (exact) mass is 543 g/mol. The van der Waals surface area contributed by atoms with E-state index in [9.17, 15) is 36.2 Å². The summed E-state index contributed by atoms with van der Waals surface area (Å²) in [5.41, 5.74) is -0.848. The highest BCUT2D eigenvalue weighted by Crippen LogP contribution is 2.52. The van der Waals surface area contributed by atoms with Crippen molar-refractivity contribution < 1.29 is 41.0 Å². The fourth-order valence-electron chi connectivity index (χ4n) is 6.61. The molecule has 2 N–H and O–H groups in total. The number of benzene rings is 2. The summed E-state index contributed by atoms with van der Waals surface area (Å²) >= 11 is 0. The first kappa shape index (κ1) is 27.1. The van der Waals surface area contributed by atoms with Gasteiger partial charge in [0.05, 0.1) is 17.4 Å². The first-order valence-electron chi connectivity index (χ1n) is 13.2. The van der Waals surface area contributed by atoms with Crippen LogP contribution in [0.25, 0.3) is 10.8 Å². The second-order valence-electron chi connectivity index (χ2n) is 11.3. The fourth-order valence-corrected chi connectivity index (χ4v) is 6.61. The van der Waals surface area contributed by atoms with Crippen LogP contribution in [0.4, 0.5) is 26.3 Å². The number of carboxylic acid groups (broad SMARTS) is 1. The molecular formula is C28H31F6NO3. The molecule has 0 radical (unpaired) electrons. The molecule has 4 saturated carbocycles. The normalized spacial score (nSPS) is 29.9. The predicted octanol–water partition coefficient (Wildman–Crippen LogP) is 7.63. The molecule has 38 heavy (non-hydrogen) atoms. The second-order valence-corrected chi connectivity index (χ2v) is 11.3. The molecule has 2 aromatic carbocycles. The van der Waals surface area contributed by atoms with Gasteiger partial charge in [-0.05, 0) is 92.7 Å². The molecule has 208 valence electrons. The number of halogens is 6. The summed E-state index contributed by atoms with van der Waals surface area (Å²) in [5, 5.41) is 13.5. The van der Waals surface area contributed by atoms with Crippen LogP contribution in [0.15, 0.2) is 30.3 Å². The zero-order valence-electron chi connectivity index (χ0n) is 20.9. The van der Waals surface area contributed by atoms with Crippen molar-refractivity contribution in [2.75, 3.05) is 0 Å². The molecular weight excluding hydrogens is 512 g/mol. The molecule has 0 unspecified atom stereocenters. The number of fused-ring (bicyclic) bond motifs is 4. The highest BCUT2D eigenvalue weighted by molar-refractivity contribution is 5.89. The maximum atomic E-state index is 14.1. The number of nitrogens with one attached hydrogen (secondary N) is 1. The van der Waals surface area contributed by atoms with Crippen LogP contribution in [0, 0.1) is 11.3 Å². The van der Waals surface area contributed by atoms with Crippen LogP contribution in [-0.4, -0.2) is 28.9 Å². The number of alkyl halides is 6. The lowest BCUT2D eigenvalue weighted by Crippen LogP contribution is -2.56. The molecule has 4 fully saturated rings. The number of hydrogen-bond acceptors (Lipinski definition) is 3. The number of carbonyl (C=O) groups is 1. The van der Waals surface area contributed by atoms with Crippen molar-refractivity contribution in [3.05, 3.63) is 41.5 Å². The van der Waals surface area contributed by atoms with Crippen molar-refractivity contribution in [2.24, 2.45) is 11.3 Å². The quantitative estimate of drug-likeness (QED) is 0.368. The van der Waals surface area contributed by atoms with E-state index in [1.807, 2.05) is 0 Å². The van der Waals surface area contributed by atoms with E-state index in [-0.39, 0.29) is 42.4 Å². The minimum Gasteiger partial charge on any atom is -0.490 e. The van der Waals surface area contributed by atoms with Crippen LogP contribution in [0.2, 0.25) is 0 Å². The zero-order valence-corrected chi connectivity index (χ0v) is 20.9. The molecule has 4 aliphatic rings. The SMILES string of the molecule is O=C(O)C12CCC(NCc3ccc4c(C(F)(F)F)c(O[C@H]5CC[C@@H](C(F)(F)F)CC5)ccc4c3)(CC1)CC2. The highest BCUT2D eigenvalue weighted by Gasteiger charge is 2.52. The minimum atomic E-state index is -4.70. The van der Waals surface area contributed by atoms with Gasteiger partial charge in [-0.2, -0.15) is 26.3 Å². The smallest absolute Gasteiger partial charge is 0.420 e. The van der Waals surface area contributed by atoms with Crippen LogP contribution in [0.5, 0.6) is 5.75 Å². The Morgan fingerprint density at radius 1 is 0.921 bits per heavy atom. The standard InChI is InChI=1S/C28H31F6NO3/c29-27(30,31)19-3-5-20(6-4-19)38-22-8-2-18-15-17(1-7-21(18)23(22)28(32,33)34)16-35-26-12-9-25(10-13-26,11-14-26)24(36)37/h1-2,7-8,15,19-20,35H,3-6,9-14,16H2,(H,36,37)/t19-,20+,25?,26?. The van der Waals surface area contributed by atoms with Gasteiger partial charge in [-0.15, -0.1) is 0 Å². The summed E-state index contributed by atoms with van der Waals surface area (Å²) in [6.45, 7) is 0.456. The van der Waals surface area contributed by atoms with Gasteiger partial charge in [0, 0.05) is 12.1 Å². The lowest BCUT2D eigenvalue weighted by molar-refractivity contribution is -0.185. The molecule has 0 amide bonds. The number of aliphatic carboxylic acids is 1. The second kappa shape index (κ2) is 9.61.